The molecule has 1 amide bonds. The SMILES string of the molecule is CCn1c(SCC(=O)Nc2c(C)cc(C)cc2C)nnc1-c1ccc([N+](=O)[O-])cc1. The molecule has 0 saturated carbocycles. The first-order chi connectivity index (χ1) is 14.3. The maximum atomic E-state index is 12.5. The van der Waals surface area contributed by atoms with E-state index >= 15 is 0 Å². The zero-order valence-electron chi connectivity index (χ0n) is 17.3. The maximum absolute atomic E-state index is 12.5. The summed E-state index contributed by atoms with van der Waals surface area (Å²) in [7, 11) is 0. The normalized spacial score (nSPS) is 10.8. The highest BCUT2D eigenvalue weighted by Crippen LogP contribution is 2.26. The number of hydrogen-bond acceptors (Lipinski definition) is 6. The summed E-state index contributed by atoms with van der Waals surface area (Å²) in [6.45, 7) is 8.56. The number of aryl methyl sites for hydroxylation is 3. The molecule has 3 rings (SSSR count). The monoisotopic (exact) mass is 425 g/mol. The van der Waals surface area contributed by atoms with Crippen LogP contribution in [0.15, 0.2) is 41.6 Å². The highest BCUT2D eigenvalue weighted by Gasteiger charge is 2.16. The van der Waals surface area contributed by atoms with Gasteiger partial charge in [0.25, 0.3) is 5.69 Å². The Morgan fingerprint density at radius 1 is 1.13 bits per heavy atom. The fourth-order valence-corrected chi connectivity index (χ4v) is 4.11. The van der Waals surface area contributed by atoms with Gasteiger partial charge in [0.2, 0.25) is 5.91 Å². The van der Waals surface area contributed by atoms with Crippen molar-refractivity contribution in [3.05, 3.63) is 63.2 Å². The molecule has 0 fully saturated rings. The molecule has 0 bridgehead atoms. The van der Waals surface area contributed by atoms with E-state index in [1.807, 2.05) is 44.4 Å². The summed E-state index contributed by atoms with van der Waals surface area (Å²) in [5.74, 6) is 0.698. The number of nitro groups is 1. The number of nitro benzene ring substituents is 1. The second kappa shape index (κ2) is 9.08. The molecule has 1 aromatic heterocycles. The molecule has 1 N–H and O–H groups in total. The molecule has 1 heterocycles. The van der Waals surface area contributed by atoms with E-state index in [9.17, 15) is 14.9 Å². The van der Waals surface area contributed by atoms with Gasteiger partial charge in [-0.25, -0.2) is 0 Å². The van der Waals surface area contributed by atoms with Crippen LogP contribution >= 0.6 is 11.8 Å². The summed E-state index contributed by atoms with van der Waals surface area (Å²) < 4.78 is 1.89. The molecule has 0 spiro atoms. The molecular weight excluding hydrogens is 402 g/mol. The third-order valence-corrected chi connectivity index (χ3v) is 5.61. The lowest BCUT2D eigenvalue weighted by Crippen LogP contribution is -2.16. The van der Waals surface area contributed by atoms with Gasteiger partial charge in [-0.05, 0) is 51.0 Å². The van der Waals surface area contributed by atoms with E-state index in [1.165, 1.54) is 23.9 Å². The molecule has 9 heteroatoms. The van der Waals surface area contributed by atoms with Crippen molar-refractivity contribution in [2.75, 3.05) is 11.1 Å². The number of anilines is 1. The first-order valence-electron chi connectivity index (χ1n) is 9.48. The summed E-state index contributed by atoms with van der Waals surface area (Å²) in [5, 5.41) is 22.9. The lowest BCUT2D eigenvalue weighted by Gasteiger charge is -2.13. The standard InChI is InChI=1S/C21H23N5O3S/c1-5-25-20(16-6-8-17(9-7-16)26(28)29)23-24-21(25)30-12-18(27)22-19-14(3)10-13(2)11-15(19)4/h6-11H,5,12H2,1-4H3,(H,22,27). The number of hydrogen-bond donors (Lipinski definition) is 1. The second-order valence-corrected chi connectivity index (χ2v) is 7.91. The number of rotatable bonds is 7. The molecule has 0 atom stereocenters. The minimum atomic E-state index is -0.439. The molecular formula is C21H23N5O3S. The van der Waals surface area contributed by atoms with Crippen molar-refractivity contribution in [2.45, 2.75) is 39.4 Å². The fourth-order valence-electron chi connectivity index (χ4n) is 3.31. The Labute approximate surface area is 178 Å². The van der Waals surface area contributed by atoms with Crippen LogP contribution in [0.25, 0.3) is 11.4 Å². The zero-order valence-corrected chi connectivity index (χ0v) is 18.1. The van der Waals surface area contributed by atoms with Crippen molar-refractivity contribution < 1.29 is 9.72 Å². The predicted molar refractivity (Wildman–Crippen MR) is 118 cm³/mol. The molecule has 0 radical (unpaired) electrons. The van der Waals surface area contributed by atoms with Gasteiger partial charge in [0, 0.05) is 29.9 Å². The highest BCUT2D eigenvalue weighted by molar-refractivity contribution is 7.99. The van der Waals surface area contributed by atoms with E-state index in [2.05, 4.69) is 15.5 Å². The zero-order chi connectivity index (χ0) is 21.8. The minimum Gasteiger partial charge on any atom is -0.325 e. The molecule has 0 aliphatic heterocycles. The molecule has 8 nitrogen and oxygen atoms in total. The van der Waals surface area contributed by atoms with Gasteiger partial charge in [-0.1, -0.05) is 29.5 Å². The van der Waals surface area contributed by atoms with Crippen LogP contribution in [0.1, 0.15) is 23.6 Å². The van der Waals surface area contributed by atoms with E-state index in [-0.39, 0.29) is 17.3 Å². The Kier molecular flexibility index (Phi) is 6.51. The topological polar surface area (TPSA) is 103 Å². The summed E-state index contributed by atoms with van der Waals surface area (Å²) in [4.78, 5) is 22.9. The minimum absolute atomic E-state index is 0.0225. The Morgan fingerprint density at radius 3 is 2.33 bits per heavy atom. The number of aromatic nitrogens is 3. The van der Waals surface area contributed by atoms with Gasteiger partial charge in [0.1, 0.15) is 0 Å². The van der Waals surface area contributed by atoms with Crippen molar-refractivity contribution in [1.82, 2.24) is 14.8 Å². The molecule has 30 heavy (non-hydrogen) atoms. The summed E-state index contributed by atoms with van der Waals surface area (Å²) >= 11 is 1.31. The Hall–Kier alpha value is -3.20. The van der Waals surface area contributed by atoms with Crippen LogP contribution in [-0.4, -0.2) is 31.3 Å². The van der Waals surface area contributed by atoms with Crippen molar-refractivity contribution in [1.29, 1.82) is 0 Å². The molecule has 156 valence electrons. The molecule has 3 aromatic rings. The Balaban J connectivity index is 1.72. The van der Waals surface area contributed by atoms with E-state index < -0.39 is 4.92 Å². The first-order valence-corrected chi connectivity index (χ1v) is 10.5. The van der Waals surface area contributed by atoms with Crippen molar-refractivity contribution in [3.63, 3.8) is 0 Å². The lowest BCUT2D eigenvalue weighted by molar-refractivity contribution is -0.384. The van der Waals surface area contributed by atoms with Crippen LogP contribution < -0.4 is 5.32 Å². The fraction of sp³-hybridized carbons (Fsp3) is 0.286. The van der Waals surface area contributed by atoms with Crippen LogP contribution in [0, 0.1) is 30.9 Å². The van der Waals surface area contributed by atoms with Gasteiger partial charge in [-0.15, -0.1) is 10.2 Å². The highest BCUT2D eigenvalue weighted by atomic mass is 32.2. The number of thioether (sulfide) groups is 1. The third-order valence-electron chi connectivity index (χ3n) is 4.64. The summed E-state index contributed by atoms with van der Waals surface area (Å²) in [6.07, 6.45) is 0. The van der Waals surface area contributed by atoms with Crippen LogP contribution in [-0.2, 0) is 11.3 Å². The number of nitrogens with zero attached hydrogens (tertiary/aromatic N) is 4. The lowest BCUT2D eigenvalue weighted by atomic mass is 10.1. The van der Waals surface area contributed by atoms with Gasteiger partial charge in [0.15, 0.2) is 11.0 Å². The molecule has 2 aromatic carbocycles. The van der Waals surface area contributed by atoms with E-state index in [0.29, 0.717) is 17.5 Å². The third kappa shape index (κ3) is 4.68. The van der Waals surface area contributed by atoms with Crippen molar-refractivity contribution >= 4 is 29.0 Å². The number of carbonyl (C=O) groups is 1. The molecule has 0 unspecified atom stereocenters. The predicted octanol–water partition coefficient (Wildman–Crippen LogP) is 4.53. The summed E-state index contributed by atoms with van der Waals surface area (Å²) in [6, 6.07) is 10.3. The van der Waals surface area contributed by atoms with Crippen molar-refractivity contribution in [2.24, 2.45) is 0 Å². The maximum Gasteiger partial charge on any atom is 0.269 e. The average Bonchev–Trinajstić information content (AvgIpc) is 3.12. The van der Waals surface area contributed by atoms with Crippen molar-refractivity contribution in [3.8, 4) is 11.4 Å². The van der Waals surface area contributed by atoms with E-state index in [4.69, 9.17) is 0 Å². The molecule has 0 saturated heterocycles. The van der Waals surface area contributed by atoms with Crippen LogP contribution in [0.5, 0.6) is 0 Å². The van der Waals surface area contributed by atoms with Crippen LogP contribution in [0.3, 0.4) is 0 Å². The van der Waals surface area contributed by atoms with Gasteiger partial charge in [-0.2, -0.15) is 0 Å². The number of benzene rings is 2. The second-order valence-electron chi connectivity index (χ2n) is 6.96. The summed E-state index contributed by atoms with van der Waals surface area (Å²) in [5.41, 5.74) is 4.82. The van der Waals surface area contributed by atoms with Gasteiger partial charge >= 0.3 is 0 Å². The van der Waals surface area contributed by atoms with Gasteiger partial charge in [0.05, 0.1) is 10.7 Å². The number of nitrogens with one attached hydrogen (secondary N) is 1. The van der Waals surface area contributed by atoms with Gasteiger partial charge in [-0.3, -0.25) is 14.9 Å². The average molecular weight is 426 g/mol. The number of carbonyl (C=O) groups excluding carboxylic acids is 1. The van der Waals surface area contributed by atoms with Crippen LogP contribution in [0.4, 0.5) is 11.4 Å². The number of amides is 1. The van der Waals surface area contributed by atoms with E-state index in [1.54, 1.807) is 12.1 Å². The Morgan fingerprint density at radius 2 is 1.77 bits per heavy atom. The number of non-ortho nitro benzene ring substituents is 1. The van der Waals surface area contributed by atoms with E-state index in [0.717, 1.165) is 27.9 Å². The quantitative estimate of drug-likeness (QED) is 0.339. The molecule has 0 aliphatic carbocycles. The smallest absolute Gasteiger partial charge is 0.269 e. The first kappa shape index (κ1) is 21.5. The Bertz CT molecular complexity index is 1070. The van der Waals surface area contributed by atoms with Gasteiger partial charge < -0.3 is 9.88 Å². The molecule has 0 aliphatic rings. The largest absolute Gasteiger partial charge is 0.325 e. The van der Waals surface area contributed by atoms with Crippen LogP contribution in [0.2, 0.25) is 0 Å².